The van der Waals surface area contributed by atoms with E-state index in [0.717, 1.165) is 28.7 Å². The highest BCUT2D eigenvalue weighted by atomic mass is 16.3. The van der Waals surface area contributed by atoms with Crippen LogP contribution in [0.3, 0.4) is 0 Å². The maximum Gasteiger partial charge on any atom is 0.115 e. The number of hydrogen-bond donors (Lipinski definition) is 2. The summed E-state index contributed by atoms with van der Waals surface area (Å²) in [4.78, 5) is 0. The number of phenols is 2. The van der Waals surface area contributed by atoms with Crippen molar-refractivity contribution >= 4 is 0 Å². The van der Waals surface area contributed by atoms with E-state index >= 15 is 0 Å². The van der Waals surface area contributed by atoms with Crippen LogP contribution < -0.4 is 0 Å². The molecule has 2 N–H and O–H groups in total. The van der Waals surface area contributed by atoms with Crippen LogP contribution in [-0.4, -0.2) is 10.2 Å². The van der Waals surface area contributed by atoms with E-state index in [-0.39, 0.29) is 16.9 Å². The summed E-state index contributed by atoms with van der Waals surface area (Å²) in [6, 6.07) is 32.1. The van der Waals surface area contributed by atoms with Crippen molar-refractivity contribution in [2.75, 3.05) is 0 Å². The Morgan fingerprint density at radius 3 is 1.03 bits per heavy atom. The van der Waals surface area contributed by atoms with Gasteiger partial charge in [-0.15, -0.1) is 0 Å². The number of benzene rings is 4. The van der Waals surface area contributed by atoms with E-state index < -0.39 is 0 Å². The quantitative estimate of drug-likeness (QED) is 0.377. The van der Waals surface area contributed by atoms with E-state index in [0.29, 0.717) is 0 Å². The van der Waals surface area contributed by atoms with E-state index in [1.54, 1.807) is 24.3 Å². The van der Waals surface area contributed by atoms with Gasteiger partial charge in [0.05, 0.1) is 0 Å². The predicted molar refractivity (Wildman–Crippen MR) is 124 cm³/mol. The van der Waals surface area contributed by atoms with E-state index in [9.17, 15) is 10.2 Å². The maximum absolute atomic E-state index is 9.51. The van der Waals surface area contributed by atoms with E-state index in [1.165, 1.54) is 11.1 Å². The maximum atomic E-state index is 9.51. The molecule has 0 aliphatic carbocycles. The van der Waals surface area contributed by atoms with Crippen molar-refractivity contribution in [3.8, 4) is 33.8 Å². The van der Waals surface area contributed by atoms with Crippen molar-refractivity contribution in [2.45, 2.75) is 25.7 Å². The average molecular weight is 395 g/mol. The van der Waals surface area contributed by atoms with Crippen molar-refractivity contribution in [1.29, 1.82) is 0 Å². The van der Waals surface area contributed by atoms with Crippen molar-refractivity contribution in [3.63, 3.8) is 0 Å². The van der Waals surface area contributed by atoms with E-state index in [2.05, 4.69) is 62.4 Å². The van der Waals surface area contributed by atoms with E-state index in [4.69, 9.17) is 0 Å². The second kappa shape index (κ2) is 8.08. The summed E-state index contributed by atoms with van der Waals surface area (Å²) in [6.45, 7) is 4.51. The Hall–Kier alpha value is -3.52. The molecule has 0 saturated carbocycles. The molecular weight excluding hydrogens is 368 g/mol. The molecule has 0 unspecified atom stereocenters. The summed E-state index contributed by atoms with van der Waals surface area (Å²) in [5, 5.41) is 19.0. The fourth-order valence-corrected chi connectivity index (χ4v) is 3.94. The van der Waals surface area contributed by atoms with Crippen molar-refractivity contribution in [1.82, 2.24) is 0 Å². The van der Waals surface area contributed by atoms with Crippen LogP contribution in [0.2, 0.25) is 0 Å². The van der Waals surface area contributed by atoms with Crippen LogP contribution in [0.4, 0.5) is 0 Å². The van der Waals surface area contributed by atoms with Gasteiger partial charge < -0.3 is 10.2 Å². The Kier molecular flexibility index (Phi) is 5.33. The molecule has 4 rings (SSSR count). The number of rotatable bonds is 5. The number of hydrogen-bond acceptors (Lipinski definition) is 2. The third kappa shape index (κ3) is 3.81. The molecule has 4 aromatic carbocycles. The highest BCUT2D eigenvalue weighted by Crippen LogP contribution is 2.37. The molecule has 150 valence electrons. The fraction of sp³-hybridized carbons (Fsp3) is 0.143. The third-order valence-corrected chi connectivity index (χ3v) is 6.15. The van der Waals surface area contributed by atoms with Gasteiger partial charge in [0.2, 0.25) is 0 Å². The Morgan fingerprint density at radius 1 is 0.500 bits per heavy atom. The lowest BCUT2D eigenvalue weighted by Gasteiger charge is -2.30. The zero-order valence-corrected chi connectivity index (χ0v) is 17.3. The average Bonchev–Trinajstić information content (AvgIpc) is 2.80. The minimum atomic E-state index is -0.0824. The molecule has 0 bridgehead atoms. The molecule has 0 radical (unpaired) electrons. The van der Waals surface area contributed by atoms with E-state index in [1.807, 2.05) is 24.3 Å². The summed E-state index contributed by atoms with van der Waals surface area (Å²) in [6.07, 6.45) is 0.990. The molecule has 4 aromatic rings. The first-order valence-electron chi connectivity index (χ1n) is 10.3. The fourth-order valence-electron chi connectivity index (χ4n) is 3.94. The van der Waals surface area contributed by atoms with Crippen LogP contribution in [-0.2, 0) is 5.41 Å². The molecule has 0 saturated heterocycles. The van der Waals surface area contributed by atoms with Gasteiger partial charge in [-0.05, 0) is 64.1 Å². The SMILES string of the molecule is CCC(C)(c1ccc(-c2ccc(O)cc2)cc1)c1ccc(-c2ccc(O)cc2)cc1. The van der Waals surface area contributed by atoms with Gasteiger partial charge in [0.15, 0.2) is 0 Å². The van der Waals surface area contributed by atoms with Crippen LogP contribution in [0.5, 0.6) is 11.5 Å². The molecule has 0 heterocycles. The van der Waals surface area contributed by atoms with Crippen LogP contribution in [0.15, 0.2) is 97.1 Å². The normalized spacial score (nSPS) is 11.4. The Bertz CT molecular complexity index is 1020. The van der Waals surface area contributed by atoms with Gasteiger partial charge in [-0.2, -0.15) is 0 Å². The highest BCUT2D eigenvalue weighted by Gasteiger charge is 2.26. The summed E-state index contributed by atoms with van der Waals surface area (Å²) in [5.41, 5.74) is 6.95. The van der Waals surface area contributed by atoms with Gasteiger partial charge in [0, 0.05) is 5.41 Å². The standard InChI is InChI=1S/C28H26O2/c1-3-28(2,24-12-4-20(5-13-24)22-8-16-26(29)17-9-22)25-14-6-21(7-15-25)23-10-18-27(30)19-11-23/h4-19,29-30H,3H2,1-2H3. The Balaban J connectivity index is 1.62. The van der Waals surface area contributed by atoms with Crippen LogP contribution in [0.25, 0.3) is 22.3 Å². The molecule has 2 nitrogen and oxygen atoms in total. The number of phenolic OH excluding ortho intramolecular Hbond substituents is 2. The first-order valence-corrected chi connectivity index (χ1v) is 10.3. The van der Waals surface area contributed by atoms with Crippen molar-refractivity contribution < 1.29 is 10.2 Å². The molecule has 0 amide bonds. The minimum Gasteiger partial charge on any atom is -0.508 e. The topological polar surface area (TPSA) is 40.5 Å². The highest BCUT2D eigenvalue weighted by molar-refractivity contribution is 5.66. The first-order chi connectivity index (χ1) is 14.5. The minimum absolute atomic E-state index is 0.0824. The Labute approximate surface area is 178 Å². The van der Waals surface area contributed by atoms with Gasteiger partial charge in [0.1, 0.15) is 11.5 Å². The third-order valence-electron chi connectivity index (χ3n) is 6.15. The molecular formula is C28H26O2. The van der Waals surface area contributed by atoms with Gasteiger partial charge in [-0.25, -0.2) is 0 Å². The van der Waals surface area contributed by atoms with Crippen molar-refractivity contribution in [3.05, 3.63) is 108 Å². The molecule has 0 aromatic heterocycles. The molecule has 0 aliphatic rings. The second-order valence-electron chi connectivity index (χ2n) is 7.93. The molecule has 0 atom stereocenters. The molecule has 0 fully saturated rings. The lowest BCUT2D eigenvalue weighted by Crippen LogP contribution is -2.22. The zero-order chi connectivity index (χ0) is 21.1. The lowest BCUT2D eigenvalue weighted by molar-refractivity contribution is 0.475. The Morgan fingerprint density at radius 2 is 0.767 bits per heavy atom. The largest absolute Gasteiger partial charge is 0.508 e. The van der Waals surface area contributed by atoms with Gasteiger partial charge in [-0.1, -0.05) is 86.6 Å². The summed E-state index contributed by atoms with van der Waals surface area (Å²) < 4.78 is 0. The zero-order valence-electron chi connectivity index (χ0n) is 17.3. The summed E-state index contributed by atoms with van der Waals surface area (Å²) >= 11 is 0. The van der Waals surface area contributed by atoms with Gasteiger partial charge in [0.25, 0.3) is 0 Å². The first kappa shape index (κ1) is 19.8. The monoisotopic (exact) mass is 394 g/mol. The smallest absolute Gasteiger partial charge is 0.115 e. The molecule has 2 heteroatoms. The van der Waals surface area contributed by atoms with Crippen LogP contribution in [0.1, 0.15) is 31.4 Å². The van der Waals surface area contributed by atoms with Gasteiger partial charge >= 0.3 is 0 Å². The number of aromatic hydroxyl groups is 2. The summed E-state index contributed by atoms with van der Waals surface area (Å²) in [7, 11) is 0. The second-order valence-corrected chi connectivity index (χ2v) is 7.93. The van der Waals surface area contributed by atoms with Crippen LogP contribution in [0, 0.1) is 0 Å². The lowest BCUT2D eigenvalue weighted by atomic mass is 9.74. The summed E-state index contributed by atoms with van der Waals surface area (Å²) in [5.74, 6) is 0.564. The molecule has 0 aliphatic heterocycles. The van der Waals surface area contributed by atoms with Crippen LogP contribution >= 0.6 is 0 Å². The predicted octanol–water partition coefficient (Wildman–Crippen LogP) is 7.15. The van der Waals surface area contributed by atoms with Gasteiger partial charge in [-0.3, -0.25) is 0 Å². The molecule has 0 spiro atoms. The molecule has 30 heavy (non-hydrogen) atoms. The van der Waals surface area contributed by atoms with Crippen molar-refractivity contribution in [2.24, 2.45) is 0 Å².